The number of aromatic nitrogens is 2. The Balaban J connectivity index is 1.65. The number of carbonyl (C=O) groups is 1. The summed E-state index contributed by atoms with van der Waals surface area (Å²) in [6, 6.07) is 2.37. The van der Waals surface area contributed by atoms with Gasteiger partial charge >= 0.3 is 0 Å². The quantitative estimate of drug-likeness (QED) is 0.867. The molecule has 0 radical (unpaired) electrons. The van der Waals surface area contributed by atoms with Crippen molar-refractivity contribution in [3.05, 3.63) is 18.5 Å². The van der Waals surface area contributed by atoms with E-state index in [1.165, 1.54) is 0 Å². The molecule has 106 valence electrons. The zero-order chi connectivity index (χ0) is 13.7. The van der Waals surface area contributed by atoms with Gasteiger partial charge in [0.25, 0.3) is 0 Å². The average molecular weight is 264 g/mol. The highest BCUT2D eigenvalue weighted by Gasteiger charge is 2.20. The van der Waals surface area contributed by atoms with Gasteiger partial charge in [-0.25, -0.2) is 0 Å². The molecule has 5 nitrogen and oxygen atoms in total. The highest BCUT2D eigenvalue weighted by molar-refractivity contribution is 5.73. The molecule has 1 saturated heterocycles. The maximum Gasteiger partial charge on any atom is 0.219 e. The summed E-state index contributed by atoms with van der Waals surface area (Å²) in [4.78, 5) is 13.2. The lowest BCUT2D eigenvalue weighted by atomic mass is 9.96. The fourth-order valence-corrected chi connectivity index (χ4v) is 2.57. The minimum atomic E-state index is 0.207. The van der Waals surface area contributed by atoms with Crippen LogP contribution >= 0.6 is 0 Å². The van der Waals surface area contributed by atoms with E-state index >= 15 is 0 Å². The van der Waals surface area contributed by atoms with E-state index < -0.39 is 0 Å². The van der Waals surface area contributed by atoms with E-state index in [0.29, 0.717) is 12.0 Å². The Labute approximate surface area is 115 Å². The van der Waals surface area contributed by atoms with E-state index in [2.05, 4.69) is 17.3 Å². The third-order valence-corrected chi connectivity index (χ3v) is 3.83. The zero-order valence-electron chi connectivity index (χ0n) is 11.9. The van der Waals surface area contributed by atoms with E-state index in [0.717, 1.165) is 39.0 Å². The smallest absolute Gasteiger partial charge is 0.219 e. The van der Waals surface area contributed by atoms with Crippen LogP contribution in [0.5, 0.6) is 0 Å². The number of amides is 1. The third kappa shape index (κ3) is 4.35. The first-order valence-electron chi connectivity index (χ1n) is 7.11. The Morgan fingerprint density at radius 3 is 2.79 bits per heavy atom. The largest absolute Gasteiger partial charge is 0.343 e. The molecule has 0 saturated carbocycles. The van der Waals surface area contributed by atoms with Gasteiger partial charge in [0.15, 0.2) is 0 Å². The number of hydrogen-bond donors (Lipinski definition) is 1. The first-order valence-corrected chi connectivity index (χ1v) is 7.11. The molecule has 0 bridgehead atoms. The van der Waals surface area contributed by atoms with E-state index in [-0.39, 0.29) is 5.91 Å². The predicted octanol–water partition coefficient (Wildman–Crippen LogP) is 1.12. The number of piperidine rings is 1. The molecule has 2 heterocycles. The molecule has 1 aromatic rings. The van der Waals surface area contributed by atoms with Crippen molar-refractivity contribution >= 4 is 5.91 Å². The van der Waals surface area contributed by atoms with Gasteiger partial charge in [-0.1, -0.05) is 0 Å². The van der Waals surface area contributed by atoms with Crippen molar-refractivity contribution in [3.8, 4) is 0 Å². The standard InChI is InChI=1S/C14H24N4O/c1-12(11-18-7-3-6-16-18)15-10-14-4-8-17(9-5-14)13(2)19/h3,6-7,12,14-15H,4-5,8-11H2,1-2H3/t12-/m1/s1. The lowest BCUT2D eigenvalue weighted by Gasteiger charge is -2.32. The Morgan fingerprint density at radius 1 is 1.47 bits per heavy atom. The van der Waals surface area contributed by atoms with Crippen molar-refractivity contribution in [1.82, 2.24) is 20.0 Å². The second-order valence-corrected chi connectivity index (χ2v) is 5.49. The van der Waals surface area contributed by atoms with Crippen molar-refractivity contribution in [2.75, 3.05) is 19.6 Å². The van der Waals surface area contributed by atoms with Gasteiger partial charge in [0.2, 0.25) is 5.91 Å². The van der Waals surface area contributed by atoms with Crippen LogP contribution in [-0.2, 0) is 11.3 Å². The molecule has 1 fully saturated rings. The maximum absolute atomic E-state index is 11.2. The third-order valence-electron chi connectivity index (χ3n) is 3.83. The summed E-state index contributed by atoms with van der Waals surface area (Å²) in [6.07, 6.45) is 6.02. The van der Waals surface area contributed by atoms with Crippen molar-refractivity contribution in [2.24, 2.45) is 5.92 Å². The van der Waals surface area contributed by atoms with Crippen molar-refractivity contribution in [2.45, 2.75) is 39.3 Å². The van der Waals surface area contributed by atoms with Crippen LogP contribution in [0.1, 0.15) is 26.7 Å². The van der Waals surface area contributed by atoms with Gasteiger partial charge in [-0.3, -0.25) is 9.48 Å². The highest BCUT2D eigenvalue weighted by atomic mass is 16.2. The molecule has 5 heteroatoms. The van der Waals surface area contributed by atoms with Gasteiger partial charge in [-0.15, -0.1) is 0 Å². The molecule has 0 aromatic carbocycles. The molecule has 1 N–H and O–H groups in total. The van der Waals surface area contributed by atoms with Crippen LogP contribution in [-0.4, -0.2) is 46.3 Å². The van der Waals surface area contributed by atoms with Crippen LogP contribution in [0, 0.1) is 5.92 Å². The van der Waals surface area contributed by atoms with Crippen LogP contribution in [0.2, 0.25) is 0 Å². The summed E-state index contributed by atoms with van der Waals surface area (Å²) in [5.74, 6) is 0.897. The summed E-state index contributed by atoms with van der Waals surface area (Å²) in [7, 11) is 0. The topological polar surface area (TPSA) is 50.2 Å². The maximum atomic E-state index is 11.2. The number of nitrogens with zero attached hydrogens (tertiary/aromatic N) is 3. The lowest BCUT2D eigenvalue weighted by molar-refractivity contribution is -0.130. The number of hydrogen-bond acceptors (Lipinski definition) is 3. The summed E-state index contributed by atoms with van der Waals surface area (Å²) >= 11 is 0. The summed E-state index contributed by atoms with van der Waals surface area (Å²) in [6.45, 7) is 7.61. The van der Waals surface area contributed by atoms with Crippen LogP contribution in [0.15, 0.2) is 18.5 Å². The minimum Gasteiger partial charge on any atom is -0.343 e. The molecule has 1 aliphatic heterocycles. The molecule has 1 amide bonds. The van der Waals surface area contributed by atoms with Crippen LogP contribution < -0.4 is 5.32 Å². The number of rotatable bonds is 5. The Hall–Kier alpha value is -1.36. The van der Waals surface area contributed by atoms with Crippen molar-refractivity contribution in [3.63, 3.8) is 0 Å². The molecular formula is C14H24N4O. The van der Waals surface area contributed by atoms with Crippen LogP contribution in [0.4, 0.5) is 0 Å². The second kappa shape index (κ2) is 6.70. The van der Waals surface area contributed by atoms with Gasteiger partial charge < -0.3 is 10.2 Å². The molecule has 1 atom stereocenters. The van der Waals surface area contributed by atoms with E-state index in [1.807, 2.05) is 28.0 Å². The summed E-state index contributed by atoms with van der Waals surface area (Å²) in [5, 5.41) is 7.78. The molecule has 1 aromatic heterocycles. The first-order chi connectivity index (χ1) is 9.15. The number of likely N-dealkylation sites (tertiary alicyclic amines) is 1. The average Bonchev–Trinajstić information content (AvgIpc) is 2.89. The van der Waals surface area contributed by atoms with Crippen LogP contribution in [0.3, 0.4) is 0 Å². The number of carbonyl (C=O) groups excluding carboxylic acids is 1. The predicted molar refractivity (Wildman–Crippen MR) is 74.7 cm³/mol. The van der Waals surface area contributed by atoms with Crippen molar-refractivity contribution in [1.29, 1.82) is 0 Å². The van der Waals surface area contributed by atoms with E-state index in [9.17, 15) is 4.79 Å². The monoisotopic (exact) mass is 264 g/mol. The lowest BCUT2D eigenvalue weighted by Crippen LogP contribution is -2.41. The van der Waals surface area contributed by atoms with Gasteiger partial charge in [-0.2, -0.15) is 5.10 Å². The fraction of sp³-hybridized carbons (Fsp3) is 0.714. The van der Waals surface area contributed by atoms with E-state index in [4.69, 9.17) is 0 Å². The van der Waals surface area contributed by atoms with Gasteiger partial charge in [0.05, 0.1) is 6.54 Å². The summed E-state index contributed by atoms with van der Waals surface area (Å²) in [5.41, 5.74) is 0. The molecule has 1 aliphatic rings. The molecular weight excluding hydrogens is 240 g/mol. The van der Waals surface area contributed by atoms with Crippen molar-refractivity contribution < 1.29 is 4.79 Å². The second-order valence-electron chi connectivity index (χ2n) is 5.49. The highest BCUT2D eigenvalue weighted by Crippen LogP contribution is 2.16. The Bertz CT molecular complexity index is 382. The summed E-state index contributed by atoms with van der Waals surface area (Å²) < 4.78 is 1.95. The fourth-order valence-electron chi connectivity index (χ4n) is 2.57. The Morgan fingerprint density at radius 2 is 2.21 bits per heavy atom. The molecule has 0 aliphatic carbocycles. The normalized spacial score (nSPS) is 18.5. The van der Waals surface area contributed by atoms with E-state index in [1.54, 1.807) is 6.92 Å². The first kappa shape index (κ1) is 14.1. The molecule has 2 rings (SSSR count). The molecule has 0 spiro atoms. The number of nitrogens with one attached hydrogen (secondary N) is 1. The molecule has 19 heavy (non-hydrogen) atoms. The Kier molecular flexibility index (Phi) is 4.96. The zero-order valence-corrected chi connectivity index (χ0v) is 11.9. The minimum absolute atomic E-state index is 0.207. The van der Waals surface area contributed by atoms with Gasteiger partial charge in [0.1, 0.15) is 0 Å². The van der Waals surface area contributed by atoms with Crippen LogP contribution in [0.25, 0.3) is 0 Å². The van der Waals surface area contributed by atoms with Gasteiger partial charge in [-0.05, 0) is 38.3 Å². The molecule has 0 unspecified atom stereocenters. The van der Waals surface area contributed by atoms with Gasteiger partial charge in [0, 0.05) is 38.4 Å². The SMILES string of the molecule is CC(=O)N1CCC(CN[C@H](C)Cn2cccn2)CC1.